The zero-order valence-electron chi connectivity index (χ0n) is 16.0. The molecule has 2 aromatic carbocycles. The minimum Gasteiger partial charge on any atom is -0.350 e. The van der Waals surface area contributed by atoms with Gasteiger partial charge in [0.1, 0.15) is 17.3 Å². The zero-order valence-corrected chi connectivity index (χ0v) is 16.0. The molecule has 0 aliphatic rings. The standard InChI is InChI=1S/C21H18F2N4O3/c1-13-2-3-14(12-17(13)23)20(29)24-10-11-25-21(30)18-8-9-19(28)27(26-18)16-6-4-15(22)5-7-16/h2-9,12H,10-11H2,1H3,(H,24,29)(H,25,30). The number of nitrogens with zero attached hydrogens (tertiary/aromatic N) is 2. The summed E-state index contributed by atoms with van der Waals surface area (Å²) in [7, 11) is 0. The Morgan fingerprint density at radius 1 is 0.933 bits per heavy atom. The van der Waals surface area contributed by atoms with E-state index >= 15 is 0 Å². The van der Waals surface area contributed by atoms with Gasteiger partial charge in [-0.25, -0.2) is 8.78 Å². The maximum Gasteiger partial charge on any atom is 0.271 e. The third kappa shape index (κ3) is 4.93. The van der Waals surface area contributed by atoms with Crippen molar-refractivity contribution in [3.8, 4) is 5.69 Å². The molecular weight excluding hydrogens is 394 g/mol. The van der Waals surface area contributed by atoms with E-state index in [1.54, 1.807) is 6.92 Å². The second kappa shape index (κ2) is 9.08. The fourth-order valence-corrected chi connectivity index (χ4v) is 2.58. The van der Waals surface area contributed by atoms with Crippen LogP contribution in [0.15, 0.2) is 59.4 Å². The molecule has 0 saturated heterocycles. The van der Waals surface area contributed by atoms with Gasteiger partial charge >= 0.3 is 0 Å². The first-order valence-corrected chi connectivity index (χ1v) is 9.04. The first-order valence-electron chi connectivity index (χ1n) is 9.04. The largest absolute Gasteiger partial charge is 0.350 e. The van der Waals surface area contributed by atoms with E-state index in [-0.39, 0.29) is 24.3 Å². The minimum atomic E-state index is -0.554. The second-order valence-electron chi connectivity index (χ2n) is 6.42. The number of aryl methyl sites for hydroxylation is 1. The third-order valence-electron chi connectivity index (χ3n) is 4.23. The molecule has 0 unspecified atom stereocenters. The van der Waals surface area contributed by atoms with Crippen LogP contribution in [0.1, 0.15) is 26.4 Å². The van der Waals surface area contributed by atoms with Gasteiger partial charge in [-0.2, -0.15) is 9.78 Å². The summed E-state index contributed by atoms with van der Waals surface area (Å²) in [5.74, 6) is -1.96. The quantitative estimate of drug-likeness (QED) is 0.606. The number of carbonyl (C=O) groups excluding carboxylic acids is 2. The lowest BCUT2D eigenvalue weighted by Gasteiger charge is -2.09. The van der Waals surface area contributed by atoms with Crippen molar-refractivity contribution in [1.29, 1.82) is 0 Å². The molecule has 0 spiro atoms. The van der Waals surface area contributed by atoms with Crippen LogP contribution in [-0.4, -0.2) is 34.7 Å². The number of hydrogen-bond donors (Lipinski definition) is 2. The van der Waals surface area contributed by atoms with Crippen molar-refractivity contribution in [2.24, 2.45) is 0 Å². The molecule has 3 rings (SSSR count). The van der Waals surface area contributed by atoms with Gasteiger partial charge in [-0.3, -0.25) is 14.4 Å². The average Bonchev–Trinajstić information content (AvgIpc) is 2.74. The van der Waals surface area contributed by atoms with Crippen LogP contribution in [0.2, 0.25) is 0 Å². The van der Waals surface area contributed by atoms with E-state index in [9.17, 15) is 23.2 Å². The van der Waals surface area contributed by atoms with Crippen molar-refractivity contribution in [2.75, 3.05) is 13.1 Å². The zero-order chi connectivity index (χ0) is 21.7. The molecule has 9 heteroatoms. The van der Waals surface area contributed by atoms with Gasteiger partial charge in [0.25, 0.3) is 17.4 Å². The van der Waals surface area contributed by atoms with Crippen LogP contribution in [0.3, 0.4) is 0 Å². The molecule has 0 radical (unpaired) electrons. The Balaban J connectivity index is 1.58. The van der Waals surface area contributed by atoms with E-state index in [1.165, 1.54) is 48.5 Å². The van der Waals surface area contributed by atoms with E-state index in [1.807, 2.05) is 0 Å². The van der Waals surface area contributed by atoms with Crippen LogP contribution in [0.4, 0.5) is 8.78 Å². The first-order chi connectivity index (χ1) is 14.3. The summed E-state index contributed by atoms with van der Waals surface area (Å²) in [6.07, 6.45) is 0. The molecule has 1 heterocycles. The predicted octanol–water partition coefficient (Wildman–Crippen LogP) is 1.98. The van der Waals surface area contributed by atoms with Gasteiger partial charge in [-0.05, 0) is 55.0 Å². The molecule has 1 aromatic heterocycles. The summed E-state index contributed by atoms with van der Waals surface area (Å²) < 4.78 is 27.6. The molecule has 0 fully saturated rings. The highest BCUT2D eigenvalue weighted by Crippen LogP contribution is 2.09. The lowest BCUT2D eigenvalue weighted by molar-refractivity contribution is 0.0924. The maximum absolute atomic E-state index is 13.5. The summed E-state index contributed by atoms with van der Waals surface area (Å²) in [5, 5.41) is 9.13. The summed E-state index contributed by atoms with van der Waals surface area (Å²) in [5.41, 5.74) is 0.431. The summed E-state index contributed by atoms with van der Waals surface area (Å²) in [4.78, 5) is 36.3. The Bertz CT molecular complexity index is 1140. The number of aromatic nitrogens is 2. The van der Waals surface area contributed by atoms with Gasteiger partial charge in [-0.1, -0.05) is 6.07 Å². The number of benzene rings is 2. The van der Waals surface area contributed by atoms with Gasteiger partial charge in [0, 0.05) is 24.7 Å². The number of halogens is 2. The van der Waals surface area contributed by atoms with Gasteiger partial charge in [0.2, 0.25) is 0 Å². The van der Waals surface area contributed by atoms with Crippen molar-refractivity contribution in [3.05, 3.63) is 93.4 Å². The van der Waals surface area contributed by atoms with Crippen LogP contribution in [0, 0.1) is 18.6 Å². The molecule has 154 valence electrons. The van der Waals surface area contributed by atoms with Crippen LogP contribution >= 0.6 is 0 Å². The van der Waals surface area contributed by atoms with Crippen molar-refractivity contribution in [2.45, 2.75) is 6.92 Å². The SMILES string of the molecule is Cc1ccc(C(=O)NCCNC(=O)c2ccc(=O)n(-c3ccc(F)cc3)n2)cc1F. The monoisotopic (exact) mass is 412 g/mol. The fraction of sp³-hybridized carbons (Fsp3) is 0.143. The highest BCUT2D eigenvalue weighted by molar-refractivity contribution is 5.94. The Morgan fingerprint density at radius 2 is 1.60 bits per heavy atom. The third-order valence-corrected chi connectivity index (χ3v) is 4.23. The lowest BCUT2D eigenvalue weighted by Crippen LogP contribution is -2.36. The molecule has 0 aliphatic carbocycles. The predicted molar refractivity (Wildman–Crippen MR) is 106 cm³/mol. The second-order valence-corrected chi connectivity index (χ2v) is 6.42. The molecule has 7 nitrogen and oxygen atoms in total. The van der Waals surface area contributed by atoms with Crippen molar-refractivity contribution < 1.29 is 18.4 Å². The Labute approximate surface area is 170 Å². The van der Waals surface area contributed by atoms with Crippen LogP contribution in [-0.2, 0) is 0 Å². The highest BCUT2D eigenvalue weighted by Gasteiger charge is 2.11. The molecular formula is C21H18F2N4O3. The average molecular weight is 412 g/mol. The Kier molecular flexibility index (Phi) is 6.31. The first kappa shape index (κ1) is 20.8. The van der Waals surface area contributed by atoms with E-state index in [0.29, 0.717) is 11.3 Å². The molecule has 2 N–H and O–H groups in total. The van der Waals surface area contributed by atoms with Gasteiger partial charge < -0.3 is 10.6 Å². The fourth-order valence-electron chi connectivity index (χ4n) is 2.58. The van der Waals surface area contributed by atoms with Gasteiger partial charge in [-0.15, -0.1) is 0 Å². The maximum atomic E-state index is 13.5. The van der Waals surface area contributed by atoms with E-state index in [2.05, 4.69) is 15.7 Å². The number of hydrogen-bond acceptors (Lipinski definition) is 4. The number of nitrogens with one attached hydrogen (secondary N) is 2. The van der Waals surface area contributed by atoms with Crippen molar-refractivity contribution in [3.63, 3.8) is 0 Å². The Hall–Kier alpha value is -3.88. The van der Waals surface area contributed by atoms with Crippen LogP contribution in [0.5, 0.6) is 0 Å². The van der Waals surface area contributed by atoms with E-state index in [0.717, 1.165) is 10.7 Å². The molecule has 2 amide bonds. The summed E-state index contributed by atoms with van der Waals surface area (Å²) in [6, 6.07) is 11.7. The van der Waals surface area contributed by atoms with Gasteiger partial charge in [0.05, 0.1) is 5.69 Å². The van der Waals surface area contributed by atoms with Crippen molar-refractivity contribution in [1.82, 2.24) is 20.4 Å². The molecule has 0 atom stereocenters. The van der Waals surface area contributed by atoms with Crippen LogP contribution in [0.25, 0.3) is 5.69 Å². The highest BCUT2D eigenvalue weighted by atomic mass is 19.1. The molecule has 30 heavy (non-hydrogen) atoms. The van der Waals surface area contributed by atoms with E-state index in [4.69, 9.17) is 0 Å². The number of amides is 2. The molecule has 0 bridgehead atoms. The van der Waals surface area contributed by atoms with Crippen molar-refractivity contribution >= 4 is 11.8 Å². The lowest BCUT2D eigenvalue weighted by atomic mass is 10.1. The summed E-state index contributed by atoms with van der Waals surface area (Å²) >= 11 is 0. The number of carbonyl (C=O) groups is 2. The topological polar surface area (TPSA) is 93.1 Å². The summed E-state index contributed by atoms with van der Waals surface area (Å²) in [6.45, 7) is 1.80. The normalized spacial score (nSPS) is 10.5. The van der Waals surface area contributed by atoms with E-state index < -0.39 is 29.0 Å². The molecule has 0 saturated carbocycles. The smallest absolute Gasteiger partial charge is 0.271 e. The molecule has 3 aromatic rings. The number of rotatable bonds is 6. The minimum absolute atomic E-state index is 0.0224. The molecule has 0 aliphatic heterocycles. The van der Waals surface area contributed by atoms with Gasteiger partial charge in [0.15, 0.2) is 0 Å². The van der Waals surface area contributed by atoms with Crippen LogP contribution < -0.4 is 16.2 Å². The Morgan fingerprint density at radius 3 is 2.27 bits per heavy atom.